The van der Waals surface area contributed by atoms with Gasteiger partial charge >= 0.3 is 0 Å². The molecule has 0 bridgehead atoms. The van der Waals surface area contributed by atoms with Crippen LogP contribution >= 0.6 is 0 Å². The van der Waals surface area contributed by atoms with Gasteiger partial charge in [0.15, 0.2) is 0 Å². The topological polar surface area (TPSA) is 35.0 Å². The molecule has 0 aliphatic heterocycles. The standard InChI is InChI=1S/C8H9.H3N/c1-2-8-6-4-3-5-7-8;/h4-7H,2H2,1H3;1H3. The Kier molecular flexibility index (Phi) is 3.72. The zero-order valence-corrected chi connectivity index (χ0v) is 5.72. The molecule has 0 unspecified atom stereocenters. The fourth-order valence-corrected chi connectivity index (χ4v) is 0.657. The first-order valence-electron chi connectivity index (χ1n) is 2.88. The molecule has 1 radical (unpaired) electrons. The van der Waals surface area contributed by atoms with Crippen molar-refractivity contribution in [1.82, 2.24) is 6.15 Å². The van der Waals surface area contributed by atoms with Crippen molar-refractivity contribution in [2.45, 2.75) is 13.3 Å². The second kappa shape index (κ2) is 4.10. The number of benzene rings is 1. The summed E-state index contributed by atoms with van der Waals surface area (Å²) in [6.45, 7) is 2.15. The average molecular weight is 122 g/mol. The van der Waals surface area contributed by atoms with Crippen LogP contribution in [0.3, 0.4) is 0 Å². The zero-order valence-electron chi connectivity index (χ0n) is 5.72. The van der Waals surface area contributed by atoms with Crippen LogP contribution in [0, 0.1) is 6.07 Å². The molecule has 49 valence electrons. The monoisotopic (exact) mass is 122 g/mol. The lowest BCUT2D eigenvalue weighted by atomic mass is 10.2. The summed E-state index contributed by atoms with van der Waals surface area (Å²) in [6.07, 6.45) is 1.12. The molecule has 0 saturated carbocycles. The summed E-state index contributed by atoms with van der Waals surface area (Å²) in [4.78, 5) is 0. The molecule has 1 aromatic carbocycles. The van der Waals surface area contributed by atoms with Crippen LogP contribution in [-0.4, -0.2) is 0 Å². The van der Waals surface area contributed by atoms with Gasteiger partial charge in [0.2, 0.25) is 0 Å². The van der Waals surface area contributed by atoms with Crippen molar-refractivity contribution in [1.29, 1.82) is 0 Å². The van der Waals surface area contributed by atoms with Crippen molar-refractivity contribution >= 4 is 0 Å². The Bertz CT molecular complexity index is 146. The van der Waals surface area contributed by atoms with Gasteiger partial charge in [0.25, 0.3) is 0 Å². The van der Waals surface area contributed by atoms with E-state index in [1.165, 1.54) is 5.56 Å². The summed E-state index contributed by atoms with van der Waals surface area (Å²) in [6, 6.07) is 11.0. The van der Waals surface area contributed by atoms with Gasteiger partial charge in [0, 0.05) is 0 Å². The Morgan fingerprint density at radius 1 is 1.33 bits per heavy atom. The van der Waals surface area contributed by atoms with E-state index in [0.717, 1.165) is 6.42 Å². The van der Waals surface area contributed by atoms with Gasteiger partial charge in [-0.3, -0.25) is 0 Å². The van der Waals surface area contributed by atoms with E-state index in [1.54, 1.807) is 0 Å². The Balaban J connectivity index is 0.000000640. The zero-order chi connectivity index (χ0) is 5.82. The Morgan fingerprint density at radius 2 is 1.89 bits per heavy atom. The molecule has 0 fully saturated rings. The molecule has 0 aliphatic rings. The van der Waals surface area contributed by atoms with E-state index in [0.29, 0.717) is 0 Å². The Hall–Kier alpha value is -0.820. The fourth-order valence-electron chi connectivity index (χ4n) is 0.657. The van der Waals surface area contributed by atoms with Gasteiger partial charge in [-0.1, -0.05) is 31.2 Å². The molecule has 9 heavy (non-hydrogen) atoms. The second-order valence-electron chi connectivity index (χ2n) is 1.76. The second-order valence-corrected chi connectivity index (χ2v) is 1.76. The first-order valence-corrected chi connectivity index (χ1v) is 2.88. The van der Waals surface area contributed by atoms with Gasteiger partial charge < -0.3 is 6.15 Å². The molecule has 3 N–H and O–H groups in total. The van der Waals surface area contributed by atoms with Crippen molar-refractivity contribution in [2.24, 2.45) is 0 Å². The highest BCUT2D eigenvalue weighted by Crippen LogP contribution is 1.96. The van der Waals surface area contributed by atoms with Crippen LogP contribution in [0.1, 0.15) is 12.5 Å². The first kappa shape index (κ1) is 8.18. The smallest absolute Gasteiger partial charge is 0.0184 e. The quantitative estimate of drug-likeness (QED) is 0.609. The van der Waals surface area contributed by atoms with Crippen molar-refractivity contribution in [3.8, 4) is 0 Å². The summed E-state index contributed by atoms with van der Waals surface area (Å²) in [5, 5.41) is 0. The predicted octanol–water partition coefficient (Wildman–Crippen LogP) is 2.21. The summed E-state index contributed by atoms with van der Waals surface area (Å²) < 4.78 is 0. The molecule has 1 heteroatoms. The van der Waals surface area contributed by atoms with Crippen molar-refractivity contribution in [3.05, 3.63) is 35.9 Å². The van der Waals surface area contributed by atoms with Gasteiger partial charge in [-0.2, -0.15) is 0 Å². The summed E-state index contributed by atoms with van der Waals surface area (Å²) in [5.41, 5.74) is 1.38. The lowest BCUT2D eigenvalue weighted by Gasteiger charge is -1.89. The van der Waals surface area contributed by atoms with Crippen LogP contribution in [-0.2, 0) is 6.42 Å². The van der Waals surface area contributed by atoms with E-state index in [2.05, 4.69) is 25.1 Å². The summed E-state index contributed by atoms with van der Waals surface area (Å²) in [5.74, 6) is 0. The van der Waals surface area contributed by atoms with E-state index in [4.69, 9.17) is 0 Å². The van der Waals surface area contributed by atoms with Crippen molar-refractivity contribution < 1.29 is 0 Å². The summed E-state index contributed by atoms with van der Waals surface area (Å²) >= 11 is 0. The normalized spacial score (nSPS) is 8.11. The van der Waals surface area contributed by atoms with E-state index in [1.807, 2.05) is 12.1 Å². The van der Waals surface area contributed by atoms with Gasteiger partial charge in [-0.15, -0.1) is 0 Å². The van der Waals surface area contributed by atoms with Crippen molar-refractivity contribution in [2.75, 3.05) is 0 Å². The molecule has 1 rings (SSSR count). The maximum Gasteiger partial charge on any atom is -0.0184 e. The molecular weight excluding hydrogens is 110 g/mol. The van der Waals surface area contributed by atoms with E-state index >= 15 is 0 Å². The molecule has 0 aliphatic carbocycles. The first-order chi connectivity index (χ1) is 3.93. The lowest BCUT2D eigenvalue weighted by Crippen LogP contribution is -1.74. The molecule has 0 aromatic heterocycles. The SMILES string of the molecule is CCc1cc[c]cc1.N. The van der Waals surface area contributed by atoms with Crippen LogP contribution in [0.15, 0.2) is 24.3 Å². The van der Waals surface area contributed by atoms with Crippen LogP contribution in [0.2, 0.25) is 0 Å². The maximum absolute atomic E-state index is 2.97. The third-order valence-corrected chi connectivity index (χ3v) is 1.20. The number of hydrogen-bond acceptors (Lipinski definition) is 1. The van der Waals surface area contributed by atoms with Gasteiger partial charge in [0.05, 0.1) is 0 Å². The third kappa shape index (κ3) is 2.29. The van der Waals surface area contributed by atoms with Crippen LogP contribution in [0.5, 0.6) is 0 Å². The fraction of sp³-hybridized carbons (Fsp3) is 0.250. The molecular formula is C8H12N. The predicted molar refractivity (Wildman–Crippen MR) is 39.7 cm³/mol. The molecule has 1 nitrogen and oxygen atoms in total. The number of rotatable bonds is 1. The molecule has 0 atom stereocenters. The maximum atomic E-state index is 2.97. The largest absolute Gasteiger partial charge is 0.344 e. The highest BCUT2D eigenvalue weighted by molar-refractivity contribution is 5.12. The lowest BCUT2D eigenvalue weighted by molar-refractivity contribution is 1.14. The molecule has 0 heterocycles. The molecule has 0 amide bonds. The molecule has 1 aromatic rings. The van der Waals surface area contributed by atoms with Gasteiger partial charge in [0.1, 0.15) is 0 Å². The number of aryl methyl sites for hydroxylation is 1. The molecule has 0 spiro atoms. The minimum absolute atomic E-state index is 0. The van der Waals surface area contributed by atoms with Crippen LogP contribution < -0.4 is 6.15 Å². The van der Waals surface area contributed by atoms with Crippen LogP contribution in [0.25, 0.3) is 0 Å². The minimum atomic E-state index is 0. The van der Waals surface area contributed by atoms with Crippen molar-refractivity contribution in [3.63, 3.8) is 0 Å². The van der Waals surface area contributed by atoms with E-state index in [9.17, 15) is 0 Å². The van der Waals surface area contributed by atoms with Gasteiger partial charge in [-0.05, 0) is 18.1 Å². The highest BCUT2D eigenvalue weighted by atomic mass is 14.0. The van der Waals surface area contributed by atoms with Crippen LogP contribution in [0.4, 0.5) is 0 Å². The average Bonchev–Trinajstić information content (AvgIpc) is 1.90. The van der Waals surface area contributed by atoms with Gasteiger partial charge in [-0.25, -0.2) is 0 Å². The van der Waals surface area contributed by atoms with E-state index in [-0.39, 0.29) is 6.15 Å². The molecule has 0 saturated heterocycles. The Labute approximate surface area is 56.3 Å². The highest BCUT2D eigenvalue weighted by Gasteiger charge is 1.80. The number of hydrogen-bond donors (Lipinski definition) is 1. The minimum Gasteiger partial charge on any atom is -0.344 e. The third-order valence-electron chi connectivity index (χ3n) is 1.20. The summed E-state index contributed by atoms with van der Waals surface area (Å²) in [7, 11) is 0. The van der Waals surface area contributed by atoms with E-state index < -0.39 is 0 Å². The Morgan fingerprint density at radius 3 is 2.22 bits per heavy atom.